The van der Waals surface area contributed by atoms with Crippen molar-refractivity contribution >= 4 is 23.6 Å². The Bertz CT molecular complexity index is 1950. The first-order chi connectivity index (χ1) is 23.2. The van der Waals surface area contributed by atoms with Gasteiger partial charge in [0.25, 0.3) is 11.0 Å². The standard InChI is InChI=1S/C35H32N2O10S/c1-43-29-17-21-12-14-26(25-18-27(38)30(48-4)15-13-23(25)31(21)33(45-3)32(29)44-2)36-34(39)24-10-5-6-11-28(24)47-35(40)22-9-7-8-20(16-22)19-46-37(41)42/h5-11,13,15-18,26H,12,14,19H2,1-4H3,(H,36,39)/t26-/m0/s1. The van der Waals surface area contributed by atoms with Gasteiger partial charge < -0.3 is 29.1 Å². The van der Waals surface area contributed by atoms with Gasteiger partial charge in [-0.2, -0.15) is 0 Å². The van der Waals surface area contributed by atoms with Gasteiger partial charge in [0.15, 0.2) is 16.9 Å². The number of hydrogen-bond acceptors (Lipinski definition) is 11. The molecule has 0 aromatic heterocycles. The molecule has 4 aromatic rings. The molecule has 12 nitrogen and oxygen atoms in total. The Hall–Kier alpha value is -5.56. The molecule has 0 heterocycles. The molecule has 1 N–H and O–H groups in total. The van der Waals surface area contributed by atoms with Crippen molar-refractivity contribution in [3.63, 3.8) is 0 Å². The van der Waals surface area contributed by atoms with Crippen molar-refractivity contribution in [2.75, 3.05) is 27.6 Å². The molecule has 5 rings (SSSR count). The van der Waals surface area contributed by atoms with E-state index in [9.17, 15) is 24.5 Å². The summed E-state index contributed by atoms with van der Waals surface area (Å²) < 4.78 is 22.8. The summed E-state index contributed by atoms with van der Waals surface area (Å²) in [6.07, 6.45) is 2.73. The summed E-state index contributed by atoms with van der Waals surface area (Å²) >= 11 is 1.32. The van der Waals surface area contributed by atoms with E-state index >= 15 is 0 Å². The lowest BCUT2D eigenvalue weighted by Crippen LogP contribution is -2.29. The number of ether oxygens (including phenoxy) is 4. The Morgan fingerprint density at radius 2 is 1.71 bits per heavy atom. The topological polar surface area (TPSA) is 153 Å². The van der Waals surface area contributed by atoms with E-state index in [0.29, 0.717) is 51.7 Å². The number of esters is 1. The first-order valence-electron chi connectivity index (χ1n) is 14.7. The van der Waals surface area contributed by atoms with E-state index in [1.165, 1.54) is 57.4 Å². The number of fused-ring (bicyclic) bond motifs is 3. The molecule has 1 amide bonds. The zero-order valence-electron chi connectivity index (χ0n) is 26.6. The fourth-order valence-corrected chi connectivity index (χ4v) is 6.13. The van der Waals surface area contributed by atoms with E-state index in [1.54, 1.807) is 36.4 Å². The third kappa shape index (κ3) is 7.05. The molecule has 4 aromatic carbocycles. The number of para-hydroxylation sites is 1. The largest absolute Gasteiger partial charge is 0.493 e. The van der Waals surface area contributed by atoms with Gasteiger partial charge in [-0.15, -0.1) is 21.9 Å². The van der Waals surface area contributed by atoms with Crippen molar-refractivity contribution in [1.82, 2.24) is 5.32 Å². The summed E-state index contributed by atoms with van der Waals surface area (Å²) in [7, 11) is 4.59. The summed E-state index contributed by atoms with van der Waals surface area (Å²) in [6.45, 7) is -0.341. The summed E-state index contributed by atoms with van der Waals surface area (Å²) in [5.41, 5.74) is 3.27. The fraction of sp³-hybridized carbons (Fsp3) is 0.229. The molecule has 0 bridgehead atoms. The van der Waals surface area contributed by atoms with Gasteiger partial charge in [-0.25, -0.2) is 4.79 Å². The molecule has 1 aliphatic rings. The predicted molar refractivity (Wildman–Crippen MR) is 178 cm³/mol. The minimum atomic E-state index is -0.922. The van der Waals surface area contributed by atoms with Crippen LogP contribution >= 0.6 is 11.8 Å². The summed E-state index contributed by atoms with van der Waals surface area (Å²) in [4.78, 5) is 55.9. The van der Waals surface area contributed by atoms with Gasteiger partial charge in [-0.3, -0.25) is 9.59 Å². The van der Waals surface area contributed by atoms with Gasteiger partial charge in [0, 0.05) is 5.56 Å². The van der Waals surface area contributed by atoms with E-state index in [1.807, 2.05) is 18.4 Å². The first kappa shape index (κ1) is 33.8. The van der Waals surface area contributed by atoms with Crippen LogP contribution in [0.1, 0.15) is 49.9 Å². The van der Waals surface area contributed by atoms with Crippen LogP contribution in [-0.4, -0.2) is 44.5 Å². The molecular formula is C35H32N2O10S. The quantitative estimate of drug-likeness (QED) is 0.0676. The van der Waals surface area contributed by atoms with Gasteiger partial charge in [-0.1, -0.05) is 30.3 Å². The van der Waals surface area contributed by atoms with Crippen LogP contribution in [0.3, 0.4) is 0 Å². The van der Waals surface area contributed by atoms with Crippen molar-refractivity contribution in [3.05, 3.63) is 121 Å². The lowest BCUT2D eigenvalue weighted by atomic mass is 9.95. The number of hydrogen-bond donors (Lipinski definition) is 1. The lowest BCUT2D eigenvalue weighted by Gasteiger charge is -2.20. The van der Waals surface area contributed by atoms with Crippen LogP contribution in [0, 0.1) is 10.1 Å². The highest BCUT2D eigenvalue weighted by atomic mass is 32.2. The molecule has 0 unspecified atom stereocenters. The number of thioether (sulfide) groups is 1. The second-order valence-corrected chi connectivity index (χ2v) is 11.5. The summed E-state index contributed by atoms with van der Waals surface area (Å²) in [5.74, 6) is 0.0375. The van der Waals surface area contributed by atoms with Crippen LogP contribution in [0.4, 0.5) is 0 Å². The van der Waals surface area contributed by atoms with Crippen LogP contribution in [-0.2, 0) is 17.9 Å². The highest BCUT2D eigenvalue weighted by Crippen LogP contribution is 2.50. The Morgan fingerprint density at radius 1 is 0.938 bits per heavy atom. The zero-order valence-corrected chi connectivity index (χ0v) is 27.4. The van der Waals surface area contributed by atoms with E-state index < -0.39 is 23.0 Å². The third-order valence-electron chi connectivity index (χ3n) is 7.86. The van der Waals surface area contributed by atoms with Crippen LogP contribution < -0.4 is 29.7 Å². The molecule has 0 aliphatic heterocycles. The van der Waals surface area contributed by atoms with Crippen molar-refractivity contribution in [3.8, 4) is 34.1 Å². The number of benzene rings is 3. The SMILES string of the molecule is COc1cc2c(c(OC)c1OC)-c1ccc(SC)c(=O)cc1[C@@H](NC(=O)c1ccccc1OC(=O)c1cccc(CO[N+](=O)[O-])c1)CC2. The van der Waals surface area contributed by atoms with E-state index in [2.05, 4.69) is 10.2 Å². The van der Waals surface area contributed by atoms with Crippen LogP contribution in [0.25, 0.3) is 11.1 Å². The molecule has 0 fully saturated rings. The van der Waals surface area contributed by atoms with Gasteiger partial charge in [0.05, 0.1) is 43.4 Å². The highest BCUT2D eigenvalue weighted by molar-refractivity contribution is 7.98. The maximum atomic E-state index is 13.9. The lowest BCUT2D eigenvalue weighted by molar-refractivity contribution is -0.763. The maximum absolute atomic E-state index is 13.9. The monoisotopic (exact) mass is 672 g/mol. The highest BCUT2D eigenvalue weighted by Gasteiger charge is 2.30. The van der Waals surface area contributed by atoms with Gasteiger partial charge in [0.1, 0.15) is 12.4 Å². The van der Waals surface area contributed by atoms with Crippen molar-refractivity contribution < 1.29 is 38.5 Å². The number of amides is 1. The third-order valence-corrected chi connectivity index (χ3v) is 8.64. The molecule has 0 radical (unpaired) electrons. The molecule has 0 spiro atoms. The number of aryl methyl sites for hydroxylation is 1. The number of nitrogens with one attached hydrogen (secondary N) is 1. The zero-order chi connectivity index (χ0) is 34.4. The fourth-order valence-electron chi connectivity index (χ4n) is 5.67. The molecule has 1 aliphatic carbocycles. The average molecular weight is 673 g/mol. The first-order valence-corrected chi connectivity index (χ1v) is 15.9. The summed E-state index contributed by atoms with van der Waals surface area (Å²) in [6, 6.07) is 18.7. The second-order valence-electron chi connectivity index (χ2n) is 10.6. The Balaban J connectivity index is 1.51. The van der Waals surface area contributed by atoms with Crippen LogP contribution in [0.15, 0.2) is 82.5 Å². The van der Waals surface area contributed by atoms with Crippen molar-refractivity contribution in [2.24, 2.45) is 0 Å². The van der Waals surface area contributed by atoms with Gasteiger partial charge in [-0.05, 0) is 83.8 Å². The number of rotatable bonds is 11. The number of methoxy groups -OCH3 is 3. The van der Waals surface area contributed by atoms with Gasteiger partial charge >= 0.3 is 5.97 Å². The Kier molecular flexibility index (Phi) is 10.5. The van der Waals surface area contributed by atoms with Crippen LogP contribution in [0.2, 0.25) is 0 Å². The van der Waals surface area contributed by atoms with E-state index in [-0.39, 0.29) is 28.9 Å². The minimum Gasteiger partial charge on any atom is -0.493 e. The average Bonchev–Trinajstić information content (AvgIpc) is 3.34. The molecule has 1 atom stereocenters. The second kappa shape index (κ2) is 14.9. The van der Waals surface area contributed by atoms with E-state index in [4.69, 9.17) is 18.9 Å². The molecule has 0 saturated carbocycles. The predicted octanol–water partition coefficient (Wildman–Crippen LogP) is 5.81. The molecule has 0 saturated heterocycles. The number of nitrogens with zero attached hydrogens (tertiary/aromatic N) is 1. The smallest absolute Gasteiger partial charge is 0.343 e. The Morgan fingerprint density at radius 3 is 2.42 bits per heavy atom. The molecule has 13 heteroatoms. The number of carbonyl (C=O) groups excluding carboxylic acids is 2. The molecular weight excluding hydrogens is 640 g/mol. The van der Waals surface area contributed by atoms with E-state index in [0.717, 1.165) is 11.1 Å². The Labute approximate surface area is 280 Å². The van der Waals surface area contributed by atoms with Crippen LogP contribution in [0.5, 0.6) is 23.0 Å². The molecule has 248 valence electrons. The van der Waals surface area contributed by atoms with Crippen molar-refractivity contribution in [2.45, 2.75) is 30.4 Å². The summed E-state index contributed by atoms with van der Waals surface area (Å²) in [5, 5.41) is 12.7. The maximum Gasteiger partial charge on any atom is 0.343 e. The minimum absolute atomic E-state index is 0.00742. The van der Waals surface area contributed by atoms with Crippen molar-refractivity contribution in [1.29, 1.82) is 0 Å². The molecule has 48 heavy (non-hydrogen) atoms. The number of carbonyl (C=O) groups is 2. The van der Waals surface area contributed by atoms with Gasteiger partial charge in [0.2, 0.25) is 5.75 Å². The normalized spacial score (nSPS) is 13.2.